The molecule has 0 heterocycles. The van der Waals surface area contributed by atoms with E-state index in [0.29, 0.717) is 17.3 Å². The number of hydrogen-bond acceptors (Lipinski definition) is 4. The van der Waals surface area contributed by atoms with Crippen LogP contribution in [-0.2, 0) is 26.2 Å². The second-order valence-electron chi connectivity index (χ2n) is 8.88. The first-order valence-corrected chi connectivity index (χ1v) is 13.8. The minimum atomic E-state index is -4.08. The van der Waals surface area contributed by atoms with Crippen LogP contribution in [0.3, 0.4) is 0 Å². The number of nitrogens with zero attached hydrogens (tertiary/aromatic N) is 2. The molecule has 0 aromatic heterocycles. The fraction of sp³-hybridized carbons (Fsp3) is 0.286. The van der Waals surface area contributed by atoms with E-state index in [1.54, 1.807) is 74.5 Å². The molecule has 7 nitrogen and oxygen atoms in total. The van der Waals surface area contributed by atoms with Gasteiger partial charge in [0, 0.05) is 18.1 Å². The molecule has 0 radical (unpaired) electrons. The third-order valence-electron chi connectivity index (χ3n) is 5.97. The van der Waals surface area contributed by atoms with Gasteiger partial charge in [0.1, 0.15) is 12.6 Å². The minimum absolute atomic E-state index is 0.0737. The van der Waals surface area contributed by atoms with Gasteiger partial charge >= 0.3 is 0 Å². The van der Waals surface area contributed by atoms with Crippen LogP contribution in [0.25, 0.3) is 0 Å². The second-order valence-corrected chi connectivity index (χ2v) is 11.2. The Morgan fingerprint density at radius 1 is 0.946 bits per heavy atom. The van der Waals surface area contributed by atoms with Crippen molar-refractivity contribution in [3.8, 4) is 0 Å². The van der Waals surface area contributed by atoms with Gasteiger partial charge in [-0.15, -0.1) is 0 Å². The normalized spacial score (nSPS) is 12.0. The van der Waals surface area contributed by atoms with Gasteiger partial charge in [-0.2, -0.15) is 0 Å². The first-order chi connectivity index (χ1) is 17.5. The molecule has 0 saturated heterocycles. The number of carbonyl (C=O) groups is 2. The van der Waals surface area contributed by atoms with Gasteiger partial charge in [0.2, 0.25) is 11.8 Å². The fourth-order valence-electron chi connectivity index (χ4n) is 3.81. The lowest BCUT2D eigenvalue weighted by molar-refractivity contribution is -0.139. The second kappa shape index (κ2) is 12.3. The zero-order valence-corrected chi connectivity index (χ0v) is 23.0. The summed E-state index contributed by atoms with van der Waals surface area (Å²) >= 11 is 6.15. The third kappa shape index (κ3) is 7.11. The van der Waals surface area contributed by atoms with E-state index < -0.39 is 28.5 Å². The first kappa shape index (κ1) is 28.2. The highest BCUT2D eigenvalue weighted by molar-refractivity contribution is 7.92. The molecular weight excluding hydrogens is 510 g/mol. The molecule has 2 amide bonds. The molecule has 0 fully saturated rings. The van der Waals surface area contributed by atoms with Crippen molar-refractivity contribution in [2.75, 3.05) is 17.4 Å². The number of anilines is 1. The number of nitrogens with one attached hydrogen (secondary N) is 1. The monoisotopic (exact) mass is 541 g/mol. The fourth-order valence-corrected chi connectivity index (χ4v) is 5.44. The van der Waals surface area contributed by atoms with Crippen LogP contribution in [-0.4, -0.2) is 44.3 Å². The van der Waals surface area contributed by atoms with Crippen molar-refractivity contribution in [1.29, 1.82) is 0 Å². The summed E-state index contributed by atoms with van der Waals surface area (Å²) in [5.41, 5.74) is 2.95. The lowest BCUT2D eigenvalue weighted by Gasteiger charge is -2.32. The number of rotatable bonds is 10. The molecule has 1 N–H and O–H groups in total. The Kier molecular flexibility index (Phi) is 9.34. The predicted octanol–water partition coefficient (Wildman–Crippen LogP) is 4.71. The molecule has 196 valence electrons. The van der Waals surface area contributed by atoms with Crippen molar-refractivity contribution in [1.82, 2.24) is 10.2 Å². The first-order valence-electron chi connectivity index (χ1n) is 12.0. The number of amides is 2. The average Bonchev–Trinajstić information content (AvgIpc) is 2.86. The van der Waals surface area contributed by atoms with Crippen LogP contribution in [0.5, 0.6) is 0 Å². The highest BCUT2D eigenvalue weighted by Gasteiger charge is 2.32. The molecule has 3 aromatic rings. The number of likely N-dealkylation sites (N-methyl/N-ethyl adjacent to an activating group) is 1. The summed E-state index contributed by atoms with van der Waals surface area (Å²) < 4.78 is 28.6. The maximum atomic E-state index is 13.8. The van der Waals surface area contributed by atoms with Crippen LogP contribution < -0.4 is 9.62 Å². The molecule has 0 bridgehead atoms. The zero-order chi connectivity index (χ0) is 27.2. The predicted molar refractivity (Wildman–Crippen MR) is 147 cm³/mol. The quantitative estimate of drug-likeness (QED) is 0.403. The lowest BCUT2D eigenvalue weighted by atomic mass is 10.1. The van der Waals surface area contributed by atoms with E-state index >= 15 is 0 Å². The SMILES string of the molecule is CCNC(=O)C(C)N(Cc1cccc(Cl)c1)C(=O)CN(c1ccc(C)cc1)S(=O)(=O)c1ccc(C)cc1. The highest BCUT2D eigenvalue weighted by Crippen LogP contribution is 2.25. The van der Waals surface area contributed by atoms with Crippen molar-refractivity contribution in [2.24, 2.45) is 0 Å². The van der Waals surface area contributed by atoms with E-state index in [1.807, 2.05) is 13.8 Å². The van der Waals surface area contributed by atoms with Gasteiger partial charge in [0.25, 0.3) is 10.0 Å². The third-order valence-corrected chi connectivity index (χ3v) is 7.99. The van der Waals surface area contributed by atoms with Crippen LogP contribution >= 0.6 is 11.6 Å². The number of halogens is 1. The van der Waals surface area contributed by atoms with Gasteiger partial charge in [0.15, 0.2) is 0 Å². The molecule has 1 atom stereocenters. The van der Waals surface area contributed by atoms with Crippen molar-refractivity contribution >= 4 is 39.1 Å². The number of carbonyl (C=O) groups excluding carboxylic acids is 2. The standard InChI is InChI=1S/C28H32ClN3O4S/c1-5-30-28(34)22(4)31(18-23-7-6-8-24(29)17-23)27(33)19-32(25-13-9-20(2)10-14-25)37(35,36)26-15-11-21(3)12-16-26/h6-17,22H,5,18-19H2,1-4H3,(H,30,34). The Morgan fingerprint density at radius 2 is 1.54 bits per heavy atom. The molecule has 0 aliphatic heterocycles. The number of sulfonamides is 1. The van der Waals surface area contributed by atoms with Gasteiger partial charge in [0.05, 0.1) is 10.6 Å². The van der Waals surface area contributed by atoms with Crippen molar-refractivity contribution in [2.45, 2.75) is 45.2 Å². The Morgan fingerprint density at radius 3 is 2.11 bits per heavy atom. The lowest BCUT2D eigenvalue weighted by Crippen LogP contribution is -2.51. The summed E-state index contributed by atoms with van der Waals surface area (Å²) in [4.78, 5) is 28.0. The topological polar surface area (TPSA) is 86.8 Å². The van der Waals surface area contributed by atoms with Crippen LogP contribution in [0.4, 0.5) is 5.69 Å². The Bertz CT molecular complexity index is 1340. The maximum absolute atomic E-state index is 13.8. The van der Waals surface area contributed by atoms with Crippen LogP contribution in [0.2, 0.25) is 5.02 Å². The molecule has 3 rings (SSSR count). The molecule has 37 heavy (non-hydrogen) atoms. The largest absolute Gasteiger partial charge is 0.355 e. The van der Waals surface area contributed by atoms with Gasteiger partial charge < -0.3 is 10.2 Å². The molecule has 0 aliphatic carbocycles. The maximum Gasteiger partial charge on any atom is 0.264 e. The summed E-state index contributed by atoms with van der Waals surface area (Å²) in [7, 11) is -4.08. The van der Waals surface area contributed by atoms with Crippen LogP contribution in [0.15, 0.2) is 77.7 Å². The van der Waals surface area contributed by atoms with E-state index in [2.05, 4.69) is 5.32 Å². The Balaban J connectivity index is 2.02. The van der Waals surface area contributed by atoms with E-state index in [9.17, 15) is 18.0 Å². The summed E-state index contributed by atoms with van der Waals surface area (Å²) in [5.74, 6) is -0.851. The van der Waals surface area contributed by atoms with E-state index in [4.69, 9.17) is 11.6 Å². The molecule has 9 heteroatoms. The summed E-state index contributed by atoms with van der Waals surface area (Å²) in [5, 5.41) is 3.24. The molecular formula is C28H32ClN3O4S. The van der Waals surface area contributed by atoms with E-state index in [1.165, 1.54) is 17.0 Å². The van der Waals surface area contributed by atoms with E-state index in [0.717, 1.165) is 21.0 Å². The van der Waals surface area contributed by atoms with Crippen molar-refractivity contribution in [3.63, 3.8) is 0 Å². The van der Waals surface area contributed by atoms with Gasteiger partial charge in [-0.1, -0.05) is 59.1 Å². The summed E-state index contributed by atoms with van der Waals surface area (Å²) in [6.07, 6.45) is 0. The van der Waals surface area contributed by atoms with Crippen LogP contribution in [0, 0.1) is 13.8 Å². The number of benzene rings is 3. The van der Waals surface area contributed by atoms with Gasteiger partial charge in [-0.3, -0.25) is 13.9 Å². The minimum Gasteiger partial charge on any atom is -0.355 e. The Hall–Kier alpha value is -3.36. The van der Waals surface area contributed by atoms with E-state index in [-0.39, 0.29) is 17.3 Å². The number of aryl methyl sites for hydroxylation is 2. The average molecular weight is 542 g/mol. The Labute approximate surface area is 224 Å². The van der Waals surface area contributed by atoms with Crippen molar-refractivity contribution in [3.05, 3.63) is 94.5 Å². The highest BCUT2D eigenvalue weighted by atomic mass is 35.5. The zero-order valence-electron chi connectivity index (χ0n) is 21.4. The smallest absolute Gasteiger partial charge is 0.264 e. The van der Waals surface area contributed by atoms with Crippen molar-refractivity contribution < 1.29 is 18.0 Å². The van der Waals surface area contributed by atoms with Crippen LogP contribution in [0.1, 0.15) is 30.5 Å². The molecule has 0 saturated carbocycles. The summed E-state index contributed by atoms with van der Waals surface area (Å²) in [6, 6.07) is 19.6. The molecule has 3 aromatic carbocycles. The molecule has 0 aliphatic rings. The van der Waals surface area contributed by atoms with Gasteiger partial charge in [-0.05, 0) is 69.7 Å². The van der Waals surface area contributed by atoms with Gasteiger partial charge in [-0.25, -0.2) is 8.42 Å². The number of hydrogen-bond donors (Lipinski definition) is 1. The summed E-state index contributed by atoms with van der Waals surface area (Å²) in [6.45, 7) is 7.19. The molecule has 1 unspecified atom stereocenters. The molecule has 0 spiro atoms.